The van der Waals surface area contributed by atoms with Crippen molar-refractivity contribution in [1.82, 2.24) is 0 Å². The summed E-state index contributed by atoms with van der Waals surface area (Å²) in [5.41, 5.74) is -1.64. The maximum absolute atomic E-state index is 11.4. The molecule has 0 rings (SSSR count). The van der Waals surface area contributed by atoms with Crippen LogP contribution in [0.1, 0.15) is 53.9 Å². The van der Waals surface area contributed by atoms with Crippen LogP contribution in [0.2, 0.25) is 0 Å². The van der Waals surface area contributed by atoms with Gasteiger partial charge in [-0.1, -0.05) is 34.6 Å². The minimum atomic E-state index is -1.64. The Kier molecular flexibility index (Phi) is 6.78. The molecule has 0 heterocycles. The molecular formula is C13H27NO4. The number of nitrogens with zero attached hydrogens (tertiary/aromatic N) is 1. The van der Waals surface area contributed by atoms with E-state index in [1.54, 1.807) is 6.92 Å². The smallest absolute Gasteiger partial charge is 0.272 e. The summed E-state index contributed by atoms with van der Waals surface area (Å²) in [7, 11) is 0. The lowest BCUT2D eigenvalue weighted by Crippen LogP contribution is -2.58. The Balaban J connectivity index is 5.20. The molecule has 5 heteroatoms. The van der Waals surface area contributed by atoms with Crippen molar-refractivity contribution in [3.05, 3.63) is 10.1 Å². The molecular weight excluding hydrogens is 234 g/mol. The largest absolute Gasteiger partial charge is 0.386 e. The van der Waals surface area contributed by atoms with Crippen molar-refractivity contribution in [2.75, 3.05) is 0 Å². The van der Waals surface area contributed by atoms with Gasteiger partial charge >= 0.3 is 0 Å². The van der Waals surface area contributed by atoms with E-state index in [9.17, 15) is 20.3 Å². The van der Waals surface area contributed by atoms with Gasteiger partial charge in [0.25, 0.3) is 5.54 Å². The molecule has 0 aromatic rings. The normalized spacial score (nSPS) is 18.7. The zero-order valence-corrected chi connectivity index (χ0v) is 12.1. The highest BCUT2D eigenvalue weighted by molar-refractivity contribution is 4.93. The summed E-state index contributed by atoms with van der Waals surface area (Å²) in [6, 6.07) is 0. The fourth-order valence-electron chi connectivity index (χ4n) is 2.37. The van der Waals surface area contributed by atoms with Crippen molar-refractivity contribution in [2.24, 2.45) is 11.8 Å². The fourth-order valence-corrected chi connectivity index (χ4v) is 2.37. The third-order valence-electron chi connectivity index (χ3n) is 3.45. The number of aliphatic hydroxyl groups excluding tert-OH is 2. The quantitative estimate of drug-likeness (QED) is 0.518. The van der Waals surface area contributed by atoms with Gasteiger partial charge in [0.15, 0.2) is 0 Å². The monoisotopic (exact) mass is 261 g/mol. The fraction of sp³-hybridized carbons (Fsp3) is 1.00. The summed E-state index contributed by atoms with van der Waals surface area (Å²) in [5.74, 6) is 0.300. The third-order valence-corrected chi connectivity index (χ3v) is 3.45. The van der Waals surface area contributed by atoms with Crippen LogP contribution in [-0.4, -0.2) is 32.9 Å². The molecule has 0 aliphatic heterocycles. The van der Waals surface area contributed by atoms with Crippen LogP contribution < -0.4 is 0 Å². The third kappa shape index (κ3) is 3.92. The molecule has 0 bridgehead atoms. The summed E-state index contributed by atoms with van der Waals surface area (Å²) in [4.78, 5) is 10.9. The van der Waals surface area contributed by atoms with E-state index in [2.05, 4.69) is 0 Å². The first kappa shape index (κ1) is 17.3. The first-order valence-corrected chi connectivity index (χ1v) is 6.69. The predicted molar refractivity (Wildman–Crippen MR) is 70.9 cm³/mol. The lowest BCUT2D eigenvalue weighted by molar-refractivity contribution is -0.597. The van der Waals surface area contributed by atoms with E-state index in [1.165, 1.54) is 0 Å². The Labute approximate surface area is 109 Å². The van der Waals surface area contributed by atoms with Crippen molar-refractivity contribution in [2.45, 2.75) is 71.6 Å². The summed E-state index contributed by atoms with van der Waals surface area (Å²) in [5, 5.41) is 31.7. The molecule has 18 heavy (non-hydrogen) atoms. The second-order valence-electron chi connectivity index (χ2n) is 5.89. The van der Waals surface area contributed by atoms with E-state index in [0.717, 1.165) is 0 Å². The predicted octanol–water partition coefficient (Wildman–Crippen LogP) is 2.23. The standard InChI is InChI=1S/C13H27NO4/c1-6-13(14(17)18,11(15)7-9(2)3)12(16)8-10(4)5/h9-12,15-16H,6-8H2,1-5H3. The van der Waals surface area contributed by atoms with Gasteiger partial charge < -0.3 is 10.2 Å². The highest BCUT2D eigenvalue weighted by atomic mass is 16.6. The van der Waals surface area contributed by atoms with Crippen LogP contribution in [0.15, 0.2) is 0 Å². The Morgan fingerprint density at radius 1 is 1.06 bits per heavy atom. The first-order chi connectivity index (χ1) is 8.18. The Morgan fingerprint density at radius 3 is 1.56 bits per heavy atom. The van der Waals surface area contributed by atoms with E-state index >= 15 is 0 Å². The van der Waals surface area contributed by atoms with Gasteiger partial charge in [-0.05, 0) is 24.7 Å². The second-order valence-corrected chi connectivity index (χ2v) is 5.89. The van der Waals surface area contributed by atoms with Gasteiger partial charge in [-0.3, -0.25) is 10.1 Å². The second kappa shape index (κ2) is 7.04. The van der Waals surface area contributed by atoms with Crippen molar-refractivity contribution < 1.29 is 15.1 Å². The average Bonchev–Trinajstić information content (AvgIpc) is 2.15. The molecule has 0 fully saturated rings. The number of nitro groups is 1. The number of aliphatic hydroxyl groups is 2. The number of hydrogen-bond donors (Lipinski definition) is 2. The summed E-state index contributed by atoms with van der Waals surface area (Å²) >= 11 is 0. The molecule has 2 atom stereocenters. The highest BCUT2D eigenvalue weighted by Crippen LogP contribution is 2.31. The number of rotatable bonds is 8. The summed E-state index contributed by atoms with van der Waals surface area (Å²) in [6.45, 7) is 9.25. The molecule has 0 saturated carbocycles. The van der Waals surface area contributed by atoms with Gasteiger partial charge in [-0.15, -0.1) is 0 Å². The molecule has 0 aliphatic carbocycles. The van der Waals surface area contributed by atoms with Crippen LogP contribution in [0.5, 0.6) is 0 Å². The molecule has 0 spiro atoms. The Morgan fingerprint density at radius 2 is 1.39 bits per heavy atom. The van der Waals surface area contributed by atoms with Crippen LogP contribution in [0, 0.1) is 22.0 Å². The van der Waals surface area contributed by atoms with E-state index in [4.69, 9.17) is 0 Å². The Bertz CT molecular complexity index is 250. The van der Waals surface area contributed by atoms with Crippen LogP contribution >= 0.6 is 0 Å². The van der Waals surface area contributed by atoms with Crippen LogP contribution in [0.25, 0.3) is 0 Å². The maximum atomic E-state index is 11.4. The minimum absolute atomic E-state index is 0.127. The van der Waals surface area contributed by atoms with Crippen LogP contribution in [-0.2, 0) is 0 Å². The van der Waals surface area contributed by atoms with Gasteiger partial charge in [0.05, 0.1) is 0 Å². The van der Waals surface area contributed by atoms with Gasteiger partial charge in [0.1, 0.15) is 12.2 Å². The molecule has 2 unspecified atom stereocenters. The van der Waals surface area contributed by atoms with Crippen molar-refractivity contribution in [3.63, 3.8) is 0 Å². The average molecular weight is 261 g/mol. The zero-order valence-electron chi connectivity index (χ0n) is 12.1. The molecule has 0 radical (unpaired) electrons. The Hall–Kier alpha value is -0.680. The lowest BCUT2D eigenvalue weighted by Gasteiger charge is -2.34. The highest BCUT2D eigenvalue weighted by Gasteiger charge is 2.54. The molecule has 0 amide bonds. The SMILES string of the molecule is CCC(C(O)CC(C)C)(C(O)CC(C)C)[N+](=O)[O-]. The molecule has 108 valence electrons. The summed E-state index contributed by atoms with van der Waals surface area (Å²) in [6.07, 6.45) is -1.46. The molecule has 0 aromatic carbocycles. The molecule has 5 nitrogen and oxygen atoms in total. The van der Waals surface area contributed by atoms with E-state index in [-0.39, 0.29) is 18.3 Å². The van der Waals surface area contributed by atoms with Gasteiger partial charge in [-0.2, -0.15) is 0 Å². The molecule has 0 saturated heterocycles. The van der Waals surface area contributed by atoms with Gasteiger partial charge in [0.2, 0.25) is 0 Å². The van der Waals surface area contributed by atoms with Crippen LogP contribution in [0.3, 0.4) is 0 Å². The topological polar surface area (TPSA) is 83.6 Å². The zero-order chi connectivity index (χ0) is 14.5. The van der Waals surface area contributed by atoms with Gasteiger partial charge in [0, 0.05) is 11.3 Å². The van der Waals surface area contributed by atoms with Crippen molar-refractivity contribution in [3.8, 4) is 0 Å². The van der Waals surface area contributed by atoms with Crippen molar-refractivity contribution in [1.29, 1.82) is 0 Å². The first-order valence-electron chi connectivity index (χ1n) is 6.69. The molecule has 2 N–H and O–H groups in total. The van der Waals surface area contributed by atoms with Crippen molar-refractivity contribution >= 4 is 0 Å². The maximum Gasteiger partial charge on any atom is 0.272 e. The molecule has 0 aliphatic rings. The van der Waals surface area contributed by atoms with E-state index in [0.29, 0.717) is 12.8 Å². The van der Waals surface area contributed by atoms with Gasteiger partial charge in [-0.25, -0.2) is 0 Å². The number of hydrogen-bond acceptors (Lipinski definition) is 4. The minimum Gasteiger partial charge on any atom is -0.386 e. The lowest BCUT2D eigenvalue weighted by atomic mass is 9.78. The van der Waals surface area contributed by atoms with Crippen LogP contribution in [0.4, 0.5) is 0 Å². The van der Waals surface area contributed by atoms with E-state index in [1.807, 2.05) is 27.7 Å². The van der Waals surface area contributed by atoms with E-state index < -0.39 is 22.7 Å². The molecule has 0 aromatic heterocycles. The summed E-state index contributed by atoms with van der Waals surface area (Å²) < 4.78 is 0.